The van der Waals surface area contributed by atoms with E-state index in [1.807, 2.05) is 30.3 Å². The van der Waals surface area contributed by atoms with Gasteiger partial charge in [-0.3, -0.25) is 4.57 Å². The van der Waals surface area contributed by atoms with E-state index in [0.29, 0.717) is 17.8 Å². The van der Waals surface area contributed by atoms with Crippen LogP contribution in [-0.2, 0) is 0 Å². The Morgan fingerprint density at radius 1 is 1.04 bits per heavy atom. The van der Waals surface area contributed by atoms with E-state index in [0.717, 1.165) is 29.8 Å². The highest BCUT2D eigenvalue weighted by molar-refractivity contribution is 7.99. The third-order valence-electron chi connectivity index (χ3n) is 5.04. The zero-order chi connectivity index (χ0) is 18.2. The van der Waals surface area contributed by atoms with Crippen LogP contribution in [0.25, 0.3) is 11.5 Å². The molecule has 140 valence electrons. The van der Waals surface area contributed by atoms with E-state index < -0.39 is 0 Å². The van der Waals surface area contributed by atoms with Gasteiger partial charge in [0.2, 0.25) is 17.7 Å². The highest BCUT2D eigenvalue weighted by atomic mass is 32.2. The van der Waals surface area contributed by atoms with Gasteiger partial charge >= 0.3 is 0 Å². The van der Waals surface area contributed by atoms with Crippen molar-refractivity contribution in [2.24, 2.45) is 0 Å². The van der Waals surface area contributed by atoms with E-state index in [4.69, 9.17) is 4.42 Å². The lowest BCUT2D eigenvalue weighted by atomic mass is 10.2. The van der Waals surface area contributed by atoms with Crippen molar-refractivity contribution in [3.05, 3.63) is 36.2 Å². The molecule has 0 spiro atoms. The van der Waals surface area contributed by atoms with Crippen LogP contribution in [0.4, 0.5) is 5.95 Å². The van der Waals surface area contributed by atoms with Crippen LogP contribution < -0.4 is 4.90 Å². The van der Waals surface area contributed by atoms with Crippen molar-refractivity contribution in [2.45, 2.75) is 49.1 Å². The molecule has 1 atom stereocenters. The van der Waals surface area contributed by atoms with Crippen molar-refractivity contribution in [3.63, 3.8) is 0 Å². The van der Waals surface area contributed by atoms with Crippen LogP contribution in [0.5, 0.6) is 0 Å². The molecule has 3 aromatic rings. The summed E-state index contributed by atoms with van der Waals surface area (Å²) in [5, 5.41) is 18.4. The van der Waals surface area contributed by atoms with Crippen molar-refractivity contribution in [1.29, 1.82) is 0 Å². The molecule has 27 heavy (non-hydrogen) atoms. The molecule has 2 fully saturated rings. The molecule has 1 saturated carbocycles. The van der Waals surface area contributed by atoms with Gasteiger partial charge < -0.3 is 9.32 Å². The molecule has 3 heterocycles. The van der Waals surface area contributed by atoms with Crippen LogP contribution >= 0.6 is 11.8 Å². The maximum absolute atomic E-state index is 5.92. The summed E-state index contributed by atoms with van der Waals surface area (Å²) in [6.07, 6.45) is 4.89. The third kappa shape index (κ3) is 3.34. The Balaban J connectivity index is 1.37. The maximum atomic E-state index is 5.92. The van der Waals surface area contributed by atoms with Gasteiger partial charge in [-0.1, -0.05) is 30.0 Å². The number of hydrogen-bond acceptors (Lipinski definition) is 7. The summed E-state index contributed by atoms with van der Waals surface area (Å²) in [6, 6.07) is 10.4. The Morgan fingerprint density at radius 2 is 1.81 bits per heavy atom. The van der Waals surface area contributed by atoms with Crippen molar-refractivity contribution in [3.8, 4) is 11.5 Å². The van der Waals surface area contributed by atoms with Gasteiger partial charge in [0.15, 0.2) is 5.16 Å². The molecule has 0 radical (unpaired) electrons. The quantitative estimate of drug-likeness (QED) is 0.594. The summed E-state index contributed by atoms with van der Waals surface area (Å²) < 4.78 is 8.24. The second-order valence-corrected chi connectivity index (χ2v) is 8.46. The zero-order valence-corrected chi connectivity index (χ0v) is 16.1. The molecule has 1 aliphatic carbocycles. The molecule has 0 N–H and O–H groups in total. The van der Waals surface area contributed by atoms with E-state index in [-0.39, 0.29) is 5.25 Å². The van der Waals surface area contributed by atoms with Crippen molar-refractivity contribution in [1.82, 2.24) is 25.0 Å². The summed E-state index contributed by atoms with van der Waals surface area (Å²) in [4.78, 5) is 2.36. The number of rotatable bonds is 6. The molecule has 8 heteroatoms. The highest BCUT2D eigenvalue weighted by Crippen LogP contribution is 2.44. The smallest absolute Gasteiger partial charge is 0.247 e. The average molecular weight is 382 g/mol. The molecule has 2 aliphatic rings. The summed E-state index contributed by atoms with van der Waals surface area (Å²) in [7, 11) is 0. The molecule has 1 saturated heterocycles. The predicted octanol–water partition coefficient (Wildman–Crippen LogP) is 4.12. The third-order valence-corrected chi connectivity index (χ3v) is 6.08. The predicted molar refractivity (Wildman–Crippen MR) is 104 cm³/mol. The lowest BCUT2D eigenvalue weighted by Crippen LogP contribution is -2.22. The summed E-state index contributed by atoms with van der Waals surface area (Å²) in [5.74, 6) is 2.20. The fraction of sp³-hybridized carbons (Fsp3) is 0.474. The second kappa shape index (κ2) is 6.99. The molecule has 1 unspecified atom stereocenters. The van der Waals surface area contributed by atoms with Gasteiger partial charge in [-0.25, -0.2) is 0 Å². The van der Waals surface area contributed by atoms with Gasteiger partial charge in [-0.2, -0.15) is 0 Å². The Kier molecular flexibility index (Phi) is 4.35. The average Bonchev–Trinajstić information content (AvgIpc) is 3.11. The number of hydrogen-bond donors (Lipinski definition) is 0. The molecule has 0 amide bonds. The van der Waals surface area contributed by atoms with Gasteiger partial charge in [0.1, 0.15) is 0 Å². The minimum Gasteiger partial charge on any atom is -0.419 e. The topological polar surface area (TPSA) is 72.9 Å². The zero-order valence-electron chi connectivity index (χ0n) is 15.3. The standard InChI is InChI=1S/C19H22N6OS/c1-13(16-20-21-17(26-16)14-7-3-2-4-8-14)27-19-23-22-18(24-11-5-6-12-24)25(19)15-9-10-15/h2-4,7-8,13,15H,5-6,9-12H2,1H3. The van der Waals surface area contributed by atoms with Crippen molar-refractivity contribution in [2.75, 3.05) is 18.0 Å². The summed E-state index contributed by atoms with van der Waals surface area (Å²) in [6.45, 7) is 4.23. The van der Waals surface area contributed by atoms with Gasteiger partial charge in [0, 0.05) is 24.7 Å². The van der Waals surface area contributed by atoms with Gasteiger partial charge in [0.25, 0.3) is 0 Å². The lowest BCUT2D eigenvalue weighted by molar-refractivity contribution is 0.508. The minimum absolute atomic E-state index is 0.0168. The molecule has 7 nitrogen and oxygen atoms in total. The van der Waals surface area contributed by atoms with E-state index in [9.17, 15) is 0 Å². The molecule has 1 aromatic carbocycles. The molecular formula is C19H22N6OS. The summed E-state index contributed by atoms with van der Waals surface area (Å²) in [5.41, 5.74) is 0.936. The van der Waals surface area contributed by atoms with Gasteiger partial charge in [-0.15, -0.1) is 20.4 Å². The number of anilines is 1. The van der Waals surface area contributed by atoms with Crippen LogP contribution in [0, 0.1) is 0 Å². The number of aromatic nitrogens is 5. The number of benzene rings is 1. The SMILES string of the molecule is CC(Sc1nnc(N2CCCC2)n1C1CC1)c1nnc(-c2ccccc2)o1. The molecule has 2 aromatic heterocycles. The fourth-order valence-corrected chi connectivity index (χ4v) is 4.38. The largest absolute Gasteiger partial charge is 0.419 e. The van der Waals surface area contributed by atoms with E-state index in [1.54, 1.807) is 11.8 Å². The van der Waals surface area contributed by atoms with Crippen molar-refractivity contribution < 1.29 is 4.42 Å². The highest BCUT2D eigenvalue weighted by Gasteiger charge is 2.33. The van der Waals surface area contributed by atoms with Crippen LogP contribution in [0.2, 0.25) is 0 Å². The van der Waals surface area contributed by atoms with E-state index in [1.165, 1.54) is 25.7 Å². The van der Waals surface area contributed by atoms with Crippen molar-refractivity contribution >= 4 is 17.7 Å². The van der Waals surface area contributed by atoms with Crippen LogP contribution in [0.1, 0.15) is 49.8 Å². The van der Waals surface area contributed by atoms with E-state index >= 15 is 0 Å². The van der Waals surface area contributed by atoms with Gasteiger partial charge in [0.05, 0.1) is 5.25 Å². The molecule has 1 aliphatic heterocycles. The first-order valence-electron chi connectivity index (χ1n) is 9.55. The van der Waals surface area contributed by atoms with Crippen LogP contribution in [0.15, 0.2) is 39.9 Å². The lowest BCUT2D eigenvalue weighted by Gasteiger charge is -2.18. The molecule has 0 bridgehead atoms. The maximum Gasteiger partial charge on any atom is 0.247 e. The summed E-state index contributed by atoms with van der Waals surface area (Å²) >= 11 is 1.65. The molecular weight excluding hydrogens is 360 g/mol. The number of nitrogens with zero attached hydrogens (tertiary/aromatic N) is 6. The fourth-order valence-electron chi connectivity index (χ4n) is 3.44. The van der Waals surface area contributed by atoms with E-state index in [2.05, 4.69) is 36.8 Å². The first-order chi connectivity index (χ1) is 13.3. The second-order valence-electron chi connectivity index (χ2n) is 7.15. The monoisotopic (exact) mass is 382 g/mol. The Hall–Kier alpha value is -2.35. The normalized spacial score (nSPS) is 18.2. The van der Waals surface area contributed by atoms with Crippen LogP contribution in [0.3, 0.4) is 0 Å². The Labute approximate surface area is 162 Å². The van der Waals surface area contributed by atoms with Crippen LogP contribution in [-0.4, -0.2) is 38.1 Å². The number of thioether (sulfide) groups is 1. The first-order valence-corrected chi connectivity index (χ1v) is 10.4. The molecule has 5 rings (SSSR count). The Morgan fingerprint density at radius 3 is 2.56 bits per heavy atom. The first kappa shape index (κ1) is 16.8. The Bertz CT molecular complexity index is 913. The minimum atomic E-state index is 0.0168. The van der Waals surface area contributed by atoms with Gasteiger partial charge in [-0.05, 0) is 44.7 Å².